The number of amides is 1. The molecule has 4 N–H and O–H groups in total. The van der Waals surface area contributed by atoms with E-state index in [0.717, 1.165) is 6.08 Å². The first-order valence-corrected chi connectivity index (χ1v) is 8.69. The number of carbonyl (C=O) groups is 2. The fourth-order valence-electron chi connectivity index (χ4n) is 2.68. The molecule has 1 aliphatic rings. The van der Waals surface area contributed by atoms with Gasteiger partial charge in [-0.15, -0.1) is 0 Å². The minimum Gasteiger partial charge on any atom is -0.542 e. The molecule has 156 valence electrons. The van der Waals surface area contributed by atoms with Gasteiger partial charge in [-0.1, -0.05) is 12.0 Å². The molecule has 0 aliphatic carbocycles. The molecule has 1 aromatic rings. The Morgan fingerprint density at radius 2 is 2.13 bits per heavy atom. The number of carboxylic acid groups (broad SMARTS) is 1. The third kappa shape index (κ3) is 7.73. The van der Waals surface area contributed by atoms with Gasteiger partial charge in [-0.05, 0) is 24.1 Å². The Hall–Kier alpha value is -1.33. The van der Waals surface area contributed by atoms with Gasteiger partial charge in [-0.2, -0.15) is 0 Å². The van der Waals surface area contributed by atoms with Crippen molar-refractivity contribution in [2.75, 3.05) is 13.2 Å². The van der Waals surface area contributed by atoms with E-state index in [1.807, 2.05) is 0 Å². The summed E-state index contributed by atoms with van der Waals surface area (Å²) in [6.45, 7) is 0.251. The van der Waals surface area contributed by atoms with Gasteiger partial charge >= 0.3 is 51.4 Å². The Morgan fingerprint density at radius 3 is 2.70 bits per heavy atom. The van der Waals surface area contributed by atoms with E-state index >= 15 is 0 Å². The molecule has 10 nitrogen and oxygen atoms in total. The van der Waals surface area contributed by atoms with Crippen molar-refractivity contribution in [3.8, 4) is 11.8 Å². The number of aliphatic hydroxyl groups excluding tert-OH is 3. The van der Waals surface area contributed by atoms with Gasteiger partial charge in [-0.3, -0.25) is 4.79 Å². The number of aromatic nitrogens is 1. The maximum Gasteiger partial charge on any atom is 1.00 e. The molecule has 11 heteroatoms. The predicted molar refractivity (Wildman–Crippen MR) is 95.5 cm³/mol. The third-order valence-corrected chi connectivity index (χ3v) is 4.00. The maximum absolute atomic E-state index is 11.6. The van der Waals surface area contributed by atoms with E-state index in [1.165, 1.54) is 6.92 Å². The number of hydrogen-bond donors (Lipinski definition) is 4. The predicted octanol–water partition coefficient (Wildman–Crippen LogP) is -5.93. The van der Waals surface area contributed by atoms with Crippen LogP contribution in [0.2, 0.25) is 0 Å². The Kier molecular flexibility index (Phi) is 11.7. The van der Waals surface area contributed by atoms with Gasteiger partial charge in [0.25, 0.3) is 0 Å². The second-order valence-electron chi connectivity index (χ2n) is 6.16. The van der Waals surface area contributed by atoms with Crippen LogP contribution >= 0.6 is 0 Å². The van der Waals surface area contributed by atoms with Crippen molar-refractivity contribution in [3.05, 3.63) is 41.9 Å². The molecule has 2 heterocycles. The van der Waals surface area contributed by atoms with Crippen LogP contribution in [0.1, 0.15) is 12.6 Å². The number of nitrogens with one attached hydrogen (secondary N) is 1. The van der Waals surface area contributed by atoms with Crippen molar-refractivity contribution in [3.63, 3.8) is 0 Å². The van der Waals surface area contributed by atoms with Crippen LogP contribution in [0.25, 0.3) is 0 Å². The molecule has 0 radical (unpaired) electrons. The number of carboxylic acids is 1. The Labute approximate surface area is 215 Å². The maximum atomic E-state index is 11.6. The second-order valence-corrected chi connectivity index (χ2v) is 6.16. The van der Waals surface area contributed by atoms with E-state index in [2.05, 4.69) is 22.1 Å². The van der Waals surface area contributed by atoms with Crippen molar-refractivity contribution in [1.82, 2.24) is 10.3 Å². The van der Waals surface area contributed by atoms with Crippen molar-refractivity contribution < 1.29 is 90.9 Å². The number of aliphatic carboxylic acids is 1. The zero-order valence-electron chi connectivity index (χ0n) is 16.5. The van der Waals surface area contributed by atoms with E-state index in [0.29, 0.717) is 5.69 Å². The average molecular weight is 444 g/mol. The summed E-state index contributed by atoms with van der Waals surface area (Å²) in [7, 11) is 0. The van der Waals surface area contributed by atoms with Gasteiger partial charge in [0.05, 0.1) is 12.6 Å². The van der Waals surface area contributed by atoms with Crippen LogP contribution in [-0.4, -0.2) is 75.9 Å². The van der Waals surface area contributed by atoms with Crippen molar-refractivity contribution in [2.45, 2.75) is 37.4 Å². The molecule has 30 heavy (non-hydrogen) atoms. The van der Waals surface area contributed by atoms with Gasteiger partial charge < -0.3 is 40.0 Å². The molecular formula is C19H21KN2O8. The van der Waals surface area contributed by atoms with Crippen LogP contribution in [0.4, 0.5) is 0 Å². The first-order valence-electron chi connectivity index (χ1n) is 8.69. The SMILES string of the molecule is CC(=O)N[C@H]1[C@@H]([C@H](O)[C@H](O)CO)OC(C(=O)[O-])=C[C@@H]1OCC#Cc1ccccn1.[K+]. The fraction of sp³-hybridized carbons (Fsp3) is 0.421. The molecule has 1 amide bonds. The summed E-state index contributed by atoms with van der Waals surface area (Å²) in [5.74, 6) is 2.66. The molecule has 1 aromatic heterocycles. The van der Waals surface area contributed by atoms with Gasteiger partial charge in [0.2, 0.25) is 5.91 Å². The summed E-state index contributed by atoms with van der Waals surface area (Å²) in [4.78, 5) is 26.9. The Bertz CT molecular complexity index is 808. The molecule has 2 rings (SSSR count). The quantitative estimate of drug-likeness (QED) is 0.237. The molecule has 0 bridgehead atoms. The van der Waals surface area contributed by atoms with Crippen LogP contribution in [0.5, 0.6) is 0 Å². The van der Waals surface area contributed by atoms with E-state index < -0.39 is 54.7 Å². The number of hydrogen-bond acceptors (Lipinski definition) is 9. The normalized spacial score (nSPS) is 22.1. The fourth-order valence-corrected chi connectivity index (χ4v) is 2.68. The number of rotatable bonds is 7. The summed E-state index contributed by atoms with van der Waals surface area (Å²) >= 11 is 0. The molecule has 0 fully saturated rings. The van der Waals surface area contributed by atoms with Crippen LogP contribution < -0.4 is 61.8 Å². The van der Waals surface area contributed by atoms with Crippen molar-refractivity contribution in [2.24, 2.45) is 0 Å². The number of ether oxygens (including phenoxy) is 2. The van der Waals surface area contributed by atoms with Crippen LogP contribution in [0, 0.1) is 11.8 Å². The minimum absolute atomic E-state index is 0. The number of aliphatic hydroxyl groups is 3. The molecule has 0 saturated carbocycles. The standard InChI is InChI=1S/C19H22N2O8.K/c1-11(23)21-16-14(28-8-4-6-12-5-2-3-7-20-12)9-15(19(26)27)29-18(16)17(25)13(24)10-22;/h2-3,5,7,9,13-14,16-18,22,24-25H,8,10H2,1H3,(H,21,23)(H,26,27);/q;+1/p-1/t13-,14+,16-,17-,18+;/m1./s1. The second kappa shape index (κ2) is 13.2. The van der Waals surface area contributed by atoms with Crippen LogP contribution in [-0.2, 0) is 19.1 Å². The molecular weight excluding hydrogens is 423 g/mol. The first kappa shape index (κ1) is 26.7. The topological polar surface area (TPSA) is 161 Å². The molecule has 0 aromatic carbocycles. The molecule has 0 spiro atoms. The molecule has 1 aliphatic heterocycles. The zero-order chi connectivity index (χ0) is 21.4. The smallest absolute Gasteiger partial charge is 0.542 e. The monoisotopic (exact) mass is 444 g/mol. The van der Waals surface area contributed by atoms with E-state index in [9.17, 15) is 24.9 Å². The number of carbonyl (C=O) groups excluding carboxylic acids is 2. The van der Waals surface area contributed by atoms with E-state index in [1.54, 1.807) is 24.4 Å². The summed E-state index contributed by atoms with van der Waals surface area (Å²) in [6.07, 6.45) is -3.19. The van der Waals surface area contributed by atoms with Crippen LogP contribution in [0.15, 0.2) is 36.2 Å². The van der Waals surface area contributed by atoms with Gasteiger partial charge in [0, 0.05) is 13.1 Å². The Balaban J connectivity index is 0.00000450. The summed E-state index contributed by atoms with van der Waals surface area (Å²) in [5, 5.41) is 42.8. The average Bonchev–Trinajstić information content (AvgIpc) is 2.71. The van der Waals surface area contributed by atoms with Gasteiger partial charge in [-0.25, -0.2) is 4.98 Å². The van der Waals surface area contributed by atoms with E-state index in [-0.39, 0.29) is 58.0 Å². The zero-order valence-corrected chi connectivity index (χ0v) is 19.6. The summed E-state index contributed by atoms with van der Waals surface area (Å²) in [5.41, 5.74) is 0.506. The number of pyridine rings is 1. The van der Waals surface area contributed by atoms with Crippen molar-refractivity contribution >= 4 is 11.9 Å². The number of nitrogens with zero attached hydrogens (tertiary/aromatic N) is 1. The van der Waals surface area contributed by atoms with Crippen molar-refractivity contribution in [1.29, 1.82) is 0 Å². The first-order chi connectivity index (χ1) is 13.8. The molecule has 0 saturated heterocycles. The van der Waals surface area contributed by atoms with E-state index in [4.69, 9.17) is 14.6 Å². The molecule has 5 atom stereocenters. The summed E-state index contributed by atoms with van der Waals surface area (Å²) in [6, 6.07) is 4.12. The van der Waals surface area contributed by atoms with Crippen LogP contribution in [0.3, 0.4) is 0 Å². The third-order valence-electron chi connectivity index (χ3n) is 4.00. The largest absolute Gasteiger partial charge is 1.00 e. The van der Waals surface area contributed by atoms with Gasteiger partial charge in [0.1, 0.15) is 42.3 Å². The van der Waals surface area contributed by atoms with Gasteiger partial charge in [0.15, 0.2) is 6.10 Å². The Morgan fingerprint density at radius 1 is 1.40 bits per heavy atom. The molecule has 0 unspecified atom stereocenters. The minimum atomic E-state index is -1.72. The summed E-state index contributed by atoms with van der Waals surface area (Å²) < 4.78 is 10.8.